The number of carbonyl (C=O) groups is 1. The summed E-state index contributed by atoms with van der Waals surface area (Å²) in [5, 5.41) is 9.01. The van der Waals surface area contributed by atoms with E-state index in [1.165, 1.54) is 12.1 Å². The number of likely N-dealkylation sites (tertiary alicyclic amines) is 1. The van der Waals surface area contributed by atoms with Crippen molar-refractivity contribution >= 4 is 5.91 Å². The highest BCUT2D eigenvalue weighted by Gasteiger charge is 2.27. The van der Waals surface area contributed by atoms with Gasteiger partial charge in [0.05, 0.1) is 6.61 Å². The fourth-order valence-electron chi connectivity index (χ4n) is 3.15. The minimum Gasteiger partial charge on any atom is -0.484 e. The van der Waals surface area contributed by atoms with Gasteiger partial charge in [0.15, 0.2) is 6.61 Å². The predicted octanol–water partition coefficient (Wildman–Crippen LogP) is 2.93. The Morgan fingerprint density at radius 3 is 2.65 bits per heavy atom. The van der Waals surface area contributed by atoms with E-state index in [4.69, 9.17) is 9.84 Å². The molecular formula is C20H21F2NO3. The Kier molecular flexibility index (Phi) is 5.83. The Balaban J connectivity index is 1.48. The van der Waals surface area contributed by atoms with Crippen LogP contribution in [-0.2, 0) is 17.8 Å². The van der Waals surface area contributed by atoms with Crippen molar-refractivity contribution in [2.45, 2.75) is 19.4 Å². The maximum atomic E-state index is 13.8. The summed E-state index contributed by atoms with van der Waals surface area (Å²) < 4.78 is 32.2. The predicted molar refractivity (Wildman–Crippen MR) is 92.6 cm³/mol. The van der Waals surface area contributed by atoms with E-state index in [1.807, 2.05) is 0 Å². The second-order valence-corrected chi connectivity index (χ2v) is 6.53. The van der Waals surface area contributed by atoms with E-state index in [0.717, 1.165) is 18.1 Å². The molecule has 1 amide bonds. The van der Waals surface area contributed by atoms with E-state index < -0.39 is 11.6 Å². The molecule has 1 atom stereocenters. The summed E-state index contributed by atoms with van der Waals surface area (Å²) in [6, 6.07) is 10.5. The molecule has 26 heavy (non-hydrogen) atoms. The molecule has 1 aliphatic heterocycles. The molecule has 0 bridgehead atoms. The number of amides is 1. The lowest BCUT2D eigenvalue weighted by Crippen LogP contribution is -2.33. The topological polar surface area (TPSA) is 49.8 Å². The summed E-state index contributed by atoms with van der Waals surface area (Å²) in [6.07, 6.45) is 1.27. The van der Waals surface area contributed by atoms with Gasteiger partial charge in [-0.25, -0.2) is 8.78 Å². The minimum absolute atomic E-state index is 0.0387. The number of aliphatic hydroxyl groups excluding tert-OH is 1. The minimum atomic E-state index is -0.585. The second kappa shape index (κ2) is 8.27. The van der Waals surface area contributed by atoms with Crippen molar-refractivity contribution in [3.63, 3.8) is 0 Å². The molecule has 0 aliphatic carbocycles. The van der Waals surface area contributed by atoms with Crippen LogP contribution in [0.1, 0.15) is 17.5 Å². The summed E-state index contributed by atoms with van der Waals surface area (Å²) in [7, 11) is 0. The molecule has 4 nitrogen and oxygen atoms in total. The van der Waals surface area contributed by atoms with Crippen LogP contribution >= 0.6 is 0 Å². The van der Waals surface area contributed by atoms with Gasteiger partial charge in [-0.15, -0.1) is 0 Å². The molecule has 1 aliphatic rings. The number of hydrogen-bond donors (Lipinski definition) is 1. The van der Waals surface area contributed by atoms with Crippen molar-refractivity contribution in [3.05, 3.63) is 65.2 Å². The maximum Gasteiger partial charge on any atom is 0.260 e. The maximum absolute atomic E-state index is 13.8. The largest absolute Gasteiger partial charge is 0.484 e. The van der Waals surface area contributed by atoms with Gasteiger partial charge in [0.25, 0.3) is 5.91 Å². The van der Waals surface area contributed by atoms with Gasteiger partial charge in [0.1, 0.15) is 17.4 Å². The average molecular weight is 361 g/mol. The summed E-state index contributed by atoms with van der Waals surface area (Å²) in [5.41, 5.74) is 1.25. The number of ether oxygens (including phenoxy) is 1. The van der Waals surface area contributed by atoms with Gasteiger partial charge >= 0.3 is 0 Å². The summed E-state index contributed by atoms with van der Waals surface area (Å²) >= 11 is 0. The number of halogens is 2. The molecule has 1 saturated heterocycles. The molecule has 0 spiro atoms. The highest BCUT2D eigenvalue weighted by molar-refractivity contribution is 5.78. The molecule has 3 rings (SSSR count). The standard InChI is InChI=1S/C20H21F2NO3/c21-17-4-3-16(19(22)10-17)9-15-7-8-23(11-15)20(25)13-26-18-5-1-14(12-24)2-6-18/h1-6,10,15,24H,7-9,11-13H2. The molecule has 138 valence electrons. The van der Waals surface area contributed by atoms with Crippen LogP contribution in [0, 0.1) is 17.6 Å². The zero-order valence-corrected chi connectivity index (χ0v) is 14.3. The van der Waals surface area contributed by atoms with E-state index in [1.54, 1.807) is 29.2 Å². The van der Waals surface area contributed by atoms with Crippen LogP contribution in [-0.4, -0.2) is 35.6 Å². The molecule has 1 heterocycles. The SMILES string of the molecule is O=C(COc1ccc(CO)cc1)N1CCC(Cc2ccc(F)cc2F)C1. The van der Waals surface area contributed by atoms with Crippen molar-refractivity contribution in [1.82, 2.24) is 4.90 Å². The van der Waals surface area contributed by atoms with E-state index in [9.17, 15) is 13.6 Å². The van der Waals surface area contributed by atoms with E-state index >= 15 is 0 Å². The third-order valence-corrected chi connectivity index (χ3v) is 4.63. The Morgan fingerprint density at radius 2 is 1.96 bits per heavy atom. The summed E-state index contributed by atoms with van der Waals surface area (Å²) in [5.74, 6) is -0.510. The third kappa shape index (κ3) is 4.58. The number of carbonyl (C=O) groups excluding carboxylic acids is 1. The van der Waals surface area contributed by atoms with Crippen LogP contribution in [0.15, 0.2) is 42.5 Å². The first-order valence-corrected chi connectivity index (χ1v) is 8.59. The average Bonchev–Trinajstić information content (AvgIpc) is 3.11. The molecular weight excluding hydrogens is 340 g/mol. The number of rotatable bonds is 6. The highest BCUT2D eigenvalue weighted by atomic mass is 19.1. The van der Waals surface area contributed by atoms with Gasteiger partial charge in [-0.3, -0.25) is 4.79 Å². The van der Waals surface area contributed by atoms with Crippen LogP contribution in [0.3, 0.4) is 0 Å². The lowest BCUT2D eigenvalue weighted by molar-refractivity contribution is -0.132. The number of benzene rings is 2. The van der Waals surface area contributed by atoms with Crippen LogP contribution < -0.4 is 4.74 Å². The van der Waals surface area contributed by atoms with E-state index in [2.05, 4.69) is 0 Å². The van der Waals surface area contributed by atoms with Crippen LogP contribution in [0.25, 0.3) is 0 Å². The summed E-state index contributed by atoms with van der Waals surface area (Å²) in [6.45, 7) is 1.06. The third-order valence-electron chi connectivity index (χ3n) is 4.63. The van der Waals surface area contributed by atoms with Crippen molar-refractivity contribution in [2.24, 2.45) is 5.92 Å². The molecule has 0 radical (unpaired) electrons. The number of aliphatic hydroxyl groups is 1. The fourth-order valence-corrected chi connectivity index (χ4v) is 3.15. The Bertz CT molecular complexity index is 764. The molecule has 2 aromatic rings. The van der Waals surface area contributed by atoms with Crippen molar-refractivity contribution in [1.29, 1.82) is 0 Å². The smallest absolute Gasteiger partial charge is 0.260 e. The van der Waals surface area contributed by atoms with Gasteiger partial charge in [-0.05, 0) is 48.1 Å². The van der Waals surface area contributed by atoms with Crippen LogP contribution in [0.4, 0.5) is 8.78 Å². The quantitative estimate of drug-likeness (QED) is 0.861. The van der Waals surface area contributed by atoms with Gasteiger partial charge in [-0.2, -0.15) is 0 Å². The number of nitrogens with zero attached hydrogens (tertiary/aromatic N) is 1. The Hall–Kier alpha value is -2.47. The lowest BCUT2D eigenvalue weighted by Gasteiger charge is -2.17. The van der Waals surface area contributed by atoms with Gasteiger partial charge in [0, 0.05) is 19.2 Å². The van der Waals surface area contributed by atoms with Gasteiger partial charge in [-0.1, -0.05) is 18.2 Å². The first-order chi connectivity index (χ1) is 12.5. The van der Waals surface area contributed by atoms with Gasteiger partial charge < -0.3 is 14.7 Å². The molecule has 1 fully saturated rings. The number of hydrogen-bond acceptors (Lipinski definition) is 3. The molecule has 1 unspecified atom stereocenters. The fraction of sp³-hybridized carbons (Fsp3) is 0.350. The molecule has 6 heteroatoms. The first-order valence-electron chi connectivity index (χ1n) is 8.59. The molecule has 2 aromatic carbocycles. The normalized spacial score (nSPS) is 16.7. The lowest BCUT2D eigenvalue weighted by atomic mass is 9.98. The second-order valence-electron chi connectivity index (χ2n) is 6.53. The highest BCUT2D eigenvalue weighted by Crippen LogP contribution is 2.23. The molecule has 0 aromatic heterocycles. The van der Waals surface area contributed by atoms with Gasteiger partial charge in [0.2, 0.25) is 0 Å². The Morgan fingerprint density at radius 1 is 1.19 bits per heavy atom. The molecule has 0 saturated carbocycles. The Labute approximate surface area is 151 Å². The van der Waals surface area contributed by atoms with E-state index in [-0.39, 0.29) is 25.0 Å². The zero-order valence-electron chi connectivity index (χ0n) is 14.3. The van der Waals surface area contributed by atoms with Crippen molar-refractivity contribution in [2.75, 3.05) is 19.7 Å². The summed E-state index contributed by atoms with van der Waals surface area (Å²) in [4.78, 5) is 14.0. The van der Waals surface area contributed by atoms with Crippen LogP contribution in [0.2, 0.25) is 0 Å². The van der Waals surface area contributed by atoms with Crippen molar-refractivity contribution < 1.29 is 23.4 Å². The van der Waals surface area contributed by atoms with E-state index in [0.29, 0.717) is 30.8 Å². The monoisotopic (exact) mass is 361 g/mol. The first kappa shape index (κ1) is 18.3. The van der Waals surface area contributed by atoms with Crippen LogP contribution in [0.5, 0.6) is 5.75 Å². The van der Waals surface area contributed by atoms with Crippen molar-refractivity contribution in [3.8, 4) is 5.75 Å². The molecule has 1 N–H and O–H groups in total. The zero-order chi connectivity index (χ0) is 18.5.